The molecule has 0 bridgehead atoms. The molecule has 25 heavy (non-hydrogen) atoms. The largest absolute Gasteiger partial charge is 0.491 e. The topological polar surface area (TPSA) is 57.0 Å². The van der Waals surface area contributed by atoms with Crippen LogP contribution in [0.4, 0.5) is 0 Å². The Morgan fingerprint density at radius 1 is 1.32 bits per heavy atom. The summed E-state index contributed by atoms with van der Waals surface area (Å²) in [6.45, 7) is 6.86. The van der Waals surface area contributed by atoms with E-state index in [4.69, 9.17) is 4.74 Å². The average molecular weight is 341 g/mol. The zero-order valence-corrected chi connectivity index (χ0v) is 15.3. The molecule has 0 radical (unpaired) electrons. The molecule has 0 aliphatic heterocycles. The number of hydrogen-bond donors (Lipinski definition) is 0. The maximum absolute atomic E-state index is 11.2. The minimum absolute atomic E-state index is 0.389. The summed E-state index contributed by atoms with van der Waals surface area (Å²) in [7, 11) is 0. The maximum atomic E-state index is 11.2. The molecule has 5 nitrogen and oxygen atoms in total. The number of aldehydes is 1. The molecule has 134 valence electrons. The van der Waals surface area contributed by atoms with Gasteiger partial charge in [-0.2, -0.15) is 0 Å². The van der Waals surface area contributed by atoms with Crippen LogP contribution in [0.2, 0.25) is 0 Å². The zero-order chi connectivity index (χ0) is 17.8. The molecule has 2 aromatic heterocycles. The molecule has 0 spiro atoms. The highest BCUT2D eigenvalue weighted by molar-refractivity contribution is 5.76. The molecule has 2 unspecified atom stereocenters. The third-order valence-corrected chi connectivity index (χ3v) is 5.13. The van der Waals surface area contributed by atoms with E-state index in [1.165, 1.54) is 25.0 Å². The lowest BCUT2D eigenvalue weighted by molar-refractivity contribution is 0.111. The lowest BCUT2D eigenvalue weighted by atomic mass is 9.78. The smallest absolute Gasteiger partial charge is 0.172 e. The van der Waals surface area contributed by atoms with Gasteiger partial charge in [0.25, 0.3) is 0 Å². The fourth-order valence-corrected chi connectivity index (χ4v) is 3.80. The van der Waals surface area contributed by atoms with Crippen LogP contribution in [0.1, 0.15) is 73.4 Å². The van der Waals surface area contributed by atoms with Crippen LogP contribution in [0.3, 0.4) is 0 Å². The number of carbonyl (C=O) groups excluding carboxylic acids is 1. The van der Waals surface area contributed by atoms with Gasteiger partial charge in [0, 0.05) is 35.5 Å². The predicted octanol–water partition coefficient (Wildman–Crippen LogP) is 4.33. The van der Waals surface area contributed by atoms with E-state index in [2.05, 4.69) is 28.4 Å². The molecular formula is C20H27N3O2. The monoisotopic (exact) mass is 341 g/mol. The average Bonchev–Trinajstić information content (AvgIpc) is 3.10. The summed E-state index contributed by atoms with van der Waals surface area (Å²) < 4.78 is 8.30. The molecule has 3 rings (SSSR count). The molecule has 2 heterocycles. The second-order valence-electron chi connectivity index (χ2n) is 7.24. The Morgan fingerprint density at radius 3 is 2.88 bits per heavy atom. The number of aromatic nitrogens is 3. The van der Waals surface area contributed by atoms with E-state index in [0.29, 0.717) is 35.9 Å². The van der Waals surface area contributed by atoms with Crippen LogP contribution in [0, 0.1) is 12.8 Å². The van der Waals surface area contributed by atoms with Crippen LogP contribution in [-0.2, 0) is 0 Å². The molecule has 2 aromatic rings. The van der Waals surface area contributed by atoms with E-state index in [-0.39, 0.29) is 0 Å². The van der Waals surface area contributed by atoms with Crippen LogP contribution >= 0.6 is 0 Å². The van der Waals surface area contributed by atoms with Gasteiger partial charge in [0.05, 0.1) is 12.9 Å². The zero-order valence-electron chi connectivity index (χ0n) is 15.3. The normalized spacial score (nSPS) is 20.6. The number of hydrogen-bond acceptors (Lipinski definition) is 4. The van der Waals surface area contributed by atoms with E-state index in [1.807, 2.05) is 31.6 Å². The van der Waals surface area contributed by atoms with Gasteiger partial charge in [-0.3, -0.25) is 4.79 Å². The summed E-state index contributed by atoms with van der Waals surface area (Å²) in [5.41, 5.74) is 2.52. The molecule has 0 amide bonds. The van der Waals surface area contributed by atoms with Gasteiger partial charge in [-0.25, -0.2) is 9.97 Å². The summed E-state index contributed by atoms with van der Waals surface area (Å²) in [6.07, 6.45) is 9.49. The van der Waals surface area contributed by atoms with Crippen molar-refractivity contribution in [2.24, 2.45) is 5.92 Å². The minimum atomic E-state index is 0.389. The third-order valence-electron chi connectivity index (χ3n) is 5.13. The standard InChI is InChI=1S/C20H27N3O2/c1-14(2)23-13-21-10-19(23)17-7-5-4-6-16(17)12-25-20-9-8-15(3)22-18(20)11-24/h8-11,13-14,16-17H,4-7,12H2,1-3H3. The number of imidazole rings is 1. The summed E-state index contributed by atoms with van der Waals surface area (Å²) in [5.74, 6) is 1.47. The Bertz CT molecular complexity index is 723. The molecule has 1 aliphatic carbocycles. The molecule has 2 atom stereocenters. The van der Waals surface area contributed by atoms with Crippen molar-refractivity contribution in [3.05, 3.63) is 41.7 Å². The maximum Gasteiger partial charge on any atom is 0.172 e. The number of ether oxygens (including phenoxy) is 1. The van der Waals surface area contributed by atoms with Crippen molar-refractivity contribution in [2.45, 2.75) is 58.4 Å². The molecule has 0 N–H and O–H groups in total. The van der Waals surface area contributed by atoms with Gasteiger partial charge in [-0.15, -0.1) is 0 Å². The van der Waals surface area contributed by atoms with Crippen LogP contribution in [0.25, 0.3) is 0 Å². The van der Waals surface area contributed by atoms with Crippen molar-refractivity contribution in [2.75, 3.05) is 6.61 Å². The highest BCUT2D eigenvalue weighted by Crippen LogP contribution is 2.38. The second-order valence-corrected chi connectivity index (χ2v) is 7.24. The second kappa shape index (κ2) is 7.81. The number of pyridine rings is 1. The Balaban J connectivity index is 1.76. The number of rotatable bonds is 6. The first kappa shape index (κ1) is 17.6. The van der Waals surface area contributed by atoms with Gasteiger partial charge < -0.3 is 9.30 Å². The fraction of sp³-hybridized carbons (Fsp3) is 0.550. The van der Waals surface area contributed by atoms with Gasteiger partial charge in [-0.05, 0) is 45.7 Å². The summed E-state index contributed by atoms with van der Waals surface area (Å²) in [4.78, 5) is 19.9. The van der Waals surface area contributed by atoms with Gasteiger partial charge >= 0.3 is 0 Å². The molecular weight excluding hydrogens is 314 g/mol. The third kappa shape index (κ3) is 3.91. The lowest BCUT2D eigenvalue weighted by Crippen LogP contribution is -2.26. The minimum Gasteiger partial charge on any atom is -0.491 e. The Labute approximate surface area is 149 Å². The fourth-order valence-electron chi connectivity index (χ4n) is 3.80. The van der Waals surface area contributed by atoms with Crippen molar-refractivity contribution >= 4 is 6.29 Å². The van der Waals surface area contributed by atoms with Crippen molar-refractivity contribution in [3.63, 3.8) is 0 Å². The predicted molar refractivity (Wildman–Crippen MR) is 97.2 cm³/mol. The molecule has 0 aromatic carbocycles. The van der Waals surface area contributed by atoms with Gasteiger partial charge in [0.2, 0.25) is 0 Å². The van der Waals surface area contributed by atoms with E-state index in [0.717, 1.165) is 18.4 Å². The lowest BCUT2D eigenvalue weighted by Gasteiger charge is -2.32. The van der Waals surface area contributed by atoms with Gasteiger partial charge in [0.1, 0.15) is 11.4 Å². The molecule has 1 aliphatic rings. The van der Waals surface area contributed by atoms with Crippen molar-refractivity contribution in [1.82, 2.24) is 14.5 Å². The summed E-state index contributed by atoms with van der Waals surface area (Å²) >= 11 is 0. The Hall–Kier alpha value is -2.17. The Morgan fingerprint density at radius 2 is 2.12 bits per heavy atom. The van der Waals surface area contributed by atoms with Crippen LogP contribution in [-0.4, -0.2) is 27.4 Å². The summed E-state index contributed by atoms with van der Waals surface area (Å²) in [6, 6.07) is 4.14. The molecule has 5 heteroatoms. The highest BCUT2D eigenvalue weighted by atomic mass is 16.5. The number of nitrogens with zero attached hydrogens (tertiary/aromatic N) is 3. The van der Waals surface area contributed by atoms with Crippen molar-refractivity contribution < 1.29 is 9.53 Å². The Kier molecular flexibility index (Phi) is 5.51. The molecule has 0 saturated heterocycles. The first-order valence-corrected chi connectivity index (χ1v) is 9.17. The first-order valence-electron chi connectivity index (χ1n) is 9.17. The van der Waals surface area contributed by atoms with Crippen LogP contribution in [0.15, 0.2) is 24.7 Å². The SMILES string of the molecule is Cc1ccc(OCC2CCCCC2c2cncn2C(C)C)c(C=O)n1. The molecule has 1 saturated carbocycles. The van der Waals surface area contributed by atoms with Gasteiger partial charge in [0.15, 0.2) is 6.29 Å². The van der Waals surface area contributed by atoms with Gasteiger partial charge in [-0.1, -0.05) is 12.8 Å². The van der Waals surface area contributed by atoms with E-state index in [9.17, 15) is 4.79 Å². The first-order chi connectivity index (χ1) is 12.1. The summed E-state index contributed by atoms with van der Waals surface area (Å²) in [5, 5.41) is 0. The van der Waals surface area contributed by atoms with Crippen LogP contribution in [0.5, 0.6) is 5.75 Å². The molecule has 1 fully saturated rings. The van der Waals surface area contributed by atoms with E-state index >= 15 is 0 Å². The number of aryl methyl sites for hydroxylation is 1. The quantitative estimate of drug-likeness (QED) is 0.734. The van der Waals surface area contributed by atoms with Crippen LogP contribution < -0.4 is 4.74 Å². The van der Waals surface area contributed by atoms with Crippen molar-refractivity contribution in [3.8, 4) is 5.75 Å². The van der Waals surface area contributed by atoms with E-state index in [1.54, 1.807) is 0 Å². The van der Waals surface area contributed by atoms with Crippen molar-refractivity contribution in [1.29, 1.82) is 0 Å². The van der Waals surface area contributed by atoms with E-state index < -0.39 is 0 Å². The number of carbonyl (C=O) groups is 1. The highest BCUT2D eigenvalue weighted by Gasteiger charge is 2.30.